The number of rotatable bonds is 5. The number of phenols is 1. The number of fused-ring (bicyclic) bond motifs is 1. The van der Waals surface area contributed by atoms with Crippen LogP contribution < -0.4 is 10.1 Å². The summed E-state index contributed by atoms with van der Waals surface area (Å²) in [4.78, 5) is 11.2. The molecule has 0 amide bonds. The van der Waals surface area contributed by atoms with Gasteiger partial charge >= 0.3 is 5.97 Å². The number of nitrogens with zero attached hydrogens (tertiary/aromatic N) is 1. The second-order valence-corrected chi connectivity index (χ2v) is 8.19. The number of aliphatic carboxylic acids is 1. The van der Waals surface area contributed by atoms with E-state index in [0.717, 1.165) is 16.8 Å². The largest absolute Gasteiger partial charge is 0.504 e. The van der Waals surface area contributed by atoms with Gasteiger partial charge in [-0.05, 0) is 23.9 Å². The zero-order chi connectivity index (χ0) is 23.7. The molecule has 0 aliphatic carbocycles. The van der Waals surface area contributed by atoms with Crippen LogP contribution in [0, 0.1) is 0 Å². The fourth-order valence-corrected chi connectivity index (χ4v) is 4.07. The Morgan fingerprint density at radius 3 is 2.76 bits per heavy atom. The molecule has 33 heavy (non-hydrogen) atoms. The molecule has 0 spiro atoms. The highest BCUT2D eigenvalue weighted by molar-refractivity contribution is 5.76. The fraction of sp³-hybridized carbons (Fsp3) is 0.455. The van der Waals surface area contributed by atoms with E-state index in [-0.39, 0.29) is 11.5 Å². The number of hydrogen-bond donors (Lipinski definition) is 7. The molecule has 11 heteroatoms. The van der Waals surface area contributed by atoms with Gasteiger partial charge < -0.3 is 45.4 Å². The molecule has 1 aromatic rings. The van der Waals surface area contributed by atoms with Crippen LogP contribution in [0.15, 0.2) is 36.1 Å². The Balaban J connectivity index is 1.52. The van der Waals surface area contributed by atoms with Crippen molar-refractivity contribution in [1.82, 2.24) is 5.32 Å². The van der Waals surface area contributed by atoms with Crippen molar-refractivity contribution in [3.8, 4) is 11.5 Å². The number of benzene rings is 1. The summed E-state index contributed by atoms with van der Waals surface area (Å²) in [7, 11) is 0. The molecule has 4 rings (SSSR count). The highest BCUT2D eigenvalue weighted by Crippen LogP contribution is 2.38. The van der Waals surface area contributed by atoms with Crippen molar-refractivity contribution in [1.29, 1.82) is 0 Å². The smallest absolute Gasteiger partial charge is 0.326 e. The summed E-state index contributed by atoms with van der Waals surface area (Å²) in [6, 6.07) is 2.44. The van der Waals surface area contributed by atoms with E-state index in [9.17, 15) is 30.3 Å². The lowest BCUT2D eigenvalue weighted by Gasteiger charge is -2.39. The minimum absolute atomic E-state index is 0.0314. The van der Waals surface area contributed by atoms with Gasteiger partial charge in [0.05, 0.1) is 12.7 Å². The van der Waals surface area contributed by atoms with Gasteiger partial charge in [-0.2, -0.15) is 4.58 Å². The first-order chi connectivity index (χ1) is 15.8. The summed E-state index contributed by atoms with van der Waals surface area (Å²) < 4.78 is 12.8. The topological polar surface area (TPSA) is 172 Å². The molecule has 3 aliphatic rings. The number of aromatic hydroxyl groups is 1. The summed E-state index contributed by atoms with van der Waals surface area (Å²) in [5, 5.41) is 61.7. The Bertz CT molecular complexity index is 1000. The van der Waals surface area contributed by atoms with E-state index in [0.29, 0.717) is 19.4 Å². The quantitative estimate of drug-likeness (QED) is 0.261. The van der Waals surface area contributed by atoms with E-state index >= 15 is 0 Å². The molecule has 3 heterocycles. The number of aliphatic hydroxyl groups excluding tert-OH is 4. The van der Waals surface area contributed by atoms with Crippen LogP contribution in [0.3, 0.4) is 0 Å². The first kappa shape index (κ1) is 23.2. The van der Waals surface area contributed by atoms with Crippen molar-refractivity contribution in [3.05, 3.63) is 41.6 Å². The van der Waals surface area contributed by atoms with Gasteiger partial charge in [0, 0.05) is 24.5 Å². The number of allylic oxidation sites excluding steroid dienone is 2. The van der Waals surface area contributed by atoms with Gasteiger partial charge in [-0.3, -0.25) is 0 Å². The lowest BCUT2D eigenvalue weighted by atomic mass is 9.99. The standard InChI is InChI=1S/C22H26N2O9/c25-10-17-18(27)19(28)20(29)22(33-17)32-16-8-12-3-6-24(14(12)9-15(16)26)5-2-11-1-4-23-13(7-11)21(30)31/h1-2,4-5,8-9,13,17-20,22,25,27-29H,3,6-7,10H2,(H2,26,30,31)/p+1/t13-,17-,18-,19+,20-,22-/m1/s1. The molecule has 6 atom stereocenters. The van der Waals surface area contributed by atoms with Gasteiger partial charge in [-0.1, -0.05) is 0 Å². The Morgan fingerprint density at radius 1 is 1.24 bits per heavy atom. The monoisotopic (exact) mass is 463 g/mol. The summed E-state index contributed by atoms with van der Waals surface area (Å²) in [5.41, 5.74) is 2.46. The van der Waals surface area contributed by atoms with E-state index in [1.165, 1.54) is 6.07 Å². The third-order valence-electron chi connectivity index (χ3n) is 5.98. The SMILES string of the molecule is O=C(O)[C@H]1CC(=CC=[N+]2CCc3cc(O[C@@H]4O[C@H](CO)[C@@H](O)[C@H](O)[C@H]4O)c(O)cc32)C=CN1. The highest BCUT2D eigenvalue weighted by Gasteiger charge is 2.45. The van der Waals surface area contributed by atoms with E-state index in [1.807, 2.05) is 22.9 Å². The van der Waals surface area contributed by atoms with Gasteiger partial charge in [0.1, 0.15) is 30.5 Å². The van der Waals surface area contributed by atoms with Crippen LogP contribution in [0.5, 0.6) is 11.5 Å². The maximum absolute atomic E-state index is 11.2. The predicted octanol–water partition coefficient (Wildman–Crippen LogP) is -1.27. The zero-order valence-corrected chi connectivity index (χ0v) is 17.6. The average molecular weight is 463 g/mol. The van der Waals surface area contributed by atoms with Gasteiger partial charge in [0.15, 0.2) is 24.3 Å². The summed E-state index contributed by atoms with van der Waals surface area (Å²) in [5.74, 6) is -1.11. The van der Waals surface area contributed by atoms with E-state index in [2.05, 4.69) is 5.32 Å². The third-order valence-corrected chi connectivity index (χ3v) is 5.98. The van der Waals surface area contributed by atoms with Crippen LogP contribution in [-0.4, -0.2) is 97.3 Å². The Kier molecular flexibility index (Phi) is 6.68. The molecule has 178 valence electrons. The molecule has 1 aromatic carbocycles. The highest BCUT2D eigenvalue weighted by atomic mass is 16.7. The van der Waals surface area contributed by atoms with Crippen LogP contribution in [0.25, 0.3) is 0 Å². The zero-order valence-electron chi connectivity index (χ0n) is 17.6. The van der Waals surface area contributed by atoms with E-state index in [4.69, 9.17) is 14.6 Å². The number of carboxylic acid groups (broad SMARTS) is 1. The summed E-state index contributed by atoms with van der Waals surface area (Å²) in [6.45, 7) is 0.0477. The minimum Gasteiger partial charge on any atom is -0.504 e. The molecular formula is C22H27N2O9+. The van der Waals surface area contributed by atoms with Crippen molar-refractivity contribution in [3.63, 3.8) is 0 Å². The molecule has 0 radical (unpaired) electrons. The van der Waals surface area contributed by atoms with Crippen LogP contribution in [0.2, 0.25) is 0 Å². The number of hydrogen-bond acceptors (Lipinski definition) is 9. The van der Waals surface area contributed by atoms with Gasteiger partial charge in [0.2, 0.25) is 12.0 Å². The molecule has 1 fully saturated rings. The molecule has 11 nitrogen and oxygen atoms in total. The first-order valence-corrected chi connectivity index (χ1v) is 10.6. The van der Waals surface area contributed by atoms with Gasteiger partial charge in [-0.15, -0.1) is 0 Å². The Hall–Kier alpha value is -2.96. The molecule has 0 aromatic heterocycles. The second-order valence-electron chi connectivity index (χ2n) is 8.19. The fourth-order valence-electron chi connectivity index (χ4n) is 4.07. The Morgan fingerprint density at radius 2 is 2.03 bits per heavy atom. The van der Waals surface area contributed by atoms with Crippen molar-refractivity contribution >= 4 is 17.9 Å². The molecule has 0 saturated carbocycles. The predicted molar refractivity (Wildman–Crippen MR) is 113 cm³/mol. The maximum Gasteiger partial charge on any atom is 0.326 e. The second kappa shape index (κ2) is 9.49. The average Bonchev–Trinajstić information content (AvgIpc) is 3.19. The number of aliphatic hydroxyl groups is 4. The number of nitrogens with one attached hydrogen (secondary N) is 1. The Labute approximate surface area is 189 Å². The van der Waals surface area contributed by atoms with Crippen LogP contribution in [-0.2, 0) is 16.0 Å². The van der Waals surface area contributed by atoms with Crippen molar-refractivity contribution in [2.45, 2.75) is 49.6 Å². The van der Waals surface area contributed by atoms with Crippen LogP contribution in [0.4, 0.5) is 5.69 Å². The van der Waals surface area contributed by atoms with Crippen LogP contribution in [0.1, 0.15) is 12.0 Å². The summed E-state index contributed by atoms with van der Waals surface area (Å²) >= 11 is 0. The summed E-state index contributed by atoms with van der Waals surface area (Å²) in [6.07, 6.45) is 0.883. The number of phenolic OH excluding ortho intramolecular Hbond substituents is 1. The molecule has 0 unspecified atom stereocenters. The van der Waals surface area contributed by atoms with E-state index < -0.39 is 49.3 Å². The van der Waals surface area contributed by atoms with Crippen LogP contribution >= 0.6 is 0 Å². The van der Waals surface area contributed by atoms with Gasteiger partial charge in [-0.25, -0.2) is 4.79 Å². The van der Waals surface area contributed by atoms with Gasteiger partial charge in [0.25, 0.3) is 0 Å². The minimum atomic E-state index is -1.58. The number of ether oxygens (including phenoxy) is 2. The maximum atomic E-state index is 11.2. The normalized spacial score (nSPS) is 33.7. The number of carbonyl (C=O) groups is 1. The molecule has 1 saturated heterocycles. The molecular weight excluding hydrogens is 436 g/mol. The molecule has 0 bridgehead atoms. The number of carboxylic acids is 1. The van der Waals surface area contributed by atoms with Crippen molar-refractivity contribution in [2.24, 2.45) is 0 Å². The van der Waals surface area contributed by atoms with Crippen molar-refractivity contribution in [2.75, 3.05) is 13.2 Å². The van der Waals surface area contributed by atoms with Crippen molar-refractivity contribution < 1.29 is 49.5 Å². The molecule has 7 N–H and O–H groups in total. The van der Waals surface area contributed by atoms with E-state index in [1.54, 1.807) is 12.3 Å². The third kappa shape index (κ3) is 4.72. The lowest BCUT2D eigenvalue weighted by molar-refractivity contribution is -0.423. The molecule has 3 aliphatic heterocycles. The lowest BCUT2D eigenvalue weighted by Crippen LogP contribution is -2.60. The first-order valence-electron chi connectivity index (χ1n) is 10.6.